The van der Waals surface area contributed by atoms with E-state index in [2.05, 4.69) is 42.5 Å². The largest absolute Gasteiger partial charge is 0.488 e. The molecule has 2 rings (SSSR count). The van der Waals surface area contributed by atoms with Crippen LogP contribution >= 0.6 is 11.3 Å². The fourth-order valence-electron chi connectivity index (χ4n) is 1.59. The molecule has 0 saturated carbocycles. The molecule has 0 radical (unpaired) electrons. The predicted molar refractivity (Wildman–Crippen MR) is 79.5 cm³/mol. The van der Waals surface area contributed by atoms with Crippen LogP contribution in [0.5, 0.6) is 5.75 Å². The van der Waals surface area contributed by atoms with Gasteiger partial charge in [-0.05, 0) is 38.3 Å². The maximum absolute atomic E-state index is 5.88. The lowest BCUT2D eigenvalue weighted by molar-refractivity contribution is 0.303. The number of nitrogens with zero attached hydrogens (tertiary/aromatic N) is 1. The Morgan fingerprint density at radius 1 is 1.32 bits per heavy atom. The Bertz CT molecular complexity index is 503. The molecule has 2 aromatic rings. The third-order valence-corrected chi connectivity index (χ3v) is 3.47. The van der Waals surface area contributed by atoms with E-state index in [1.807, 2.05) is 18.3 Å². The molecule has 0 spiro atoms. The lowest BCUT2D eigenvalue weighted by atomic mass is 10.1. The van der Waals surface area contributed by atoms with Crippen LogP contribution < -0.4 is 10.1 Å². The van der Waals surface area contributed by atoms with Crippen LogP contribution in [0.1, 0.15) is 31.2 Å². The number of thiophene rings is 1. The maximum Gasteiger partial charge on any atom is 0.127 e. The Kier molecular flexibility index (Phi) is 4.56. The van der Waals surface area contributed by atoms with Gasteiger partial charge in [0.05, 0.1) is 0 Å². The normalized spacial score (nSPS) is 11.5. The van der Waals surface area contributed by atoms with Gasteiger partial charge in [0, 0.05) is 34.9 Å². The monoisotopic (exact) mass is 276 g/mol. The molecule has 19 heavy (non-hydrogen) atoms. The number of ether oxygens (including phenoxy) is 1. The molecule has 3 nitrogen and oxygen atoms in total. The van der Waals surface area contributed by atoms with Gasteiger partial charge >= 0.3 is 0 Å². The molecule has 4 heteroatoms. The van der Waals surface area contributed by atoms with Crippen molar-refractivity contribution in [2.24, 2.45) is 0 Å². The van der Waals surface area contributed by atoms with E-state index in [1.54, 1.807) is 17.5 Å². The quantitative estimate of drug-likeness (QED) is 0.906. The summed E-state index contributed by atoms with van der Waals surface area (Å²) >= 11 is 1.71. The zero-order valence-corrected chi connectivity index (χ0v) is 12.5. The molecular weight excluding hydrogens is 256 g/mol. The highest BCUT2D eigenvalue weighted by molar-refractivity contribution is 7.09. The first-order valence-corrected chi connectivity index (χ1v) is 7.26. The Morgan fingerprint density at radius 3 is 2.84 bits per heavy atom. The van der Waals surface area contributed by atoms with Gasteiger partial charge < -0.3 is 10.1 Å². The van der Waals surface area contributed by atoms with Crippen LogP contribution in [0.15, 0.2) is 36.0 Å². The molecule has 102 valence electrons. The van der Waals surface area contributed by atoms with Crippen LogP contribution in [0, 0.1) is 0 Å². The zero-order chi connectivity index (χ0) is 13.7. The van der Waals surface area contributed by atoms with Gasteiger partial charge in [-0.1, -0.05) is 6.07 Å². The molecule has 0 bridgehead atoms. The summed E-state index contributed by atoms with van der Waals surface area (Å²) in [5, 5.41) is 5.52. The fraction of sp³-hybridized carbons (Fsp3) is 0.400. The number of nitrogens with one attached hydrogen (secondary N) is 1. The minimum Gasteiger partial charge on any atom is -0.488 e. The smallest absolute Gasteiger partial charge is 0.127 e. The highest BCUT2D eigenvalue weighted by atomic mass is 32.1. The van der Waals surface area contributed by atoms with Crippen LogP contribution in [-0.2, 0) is 13.2 Å². The second kappa shape index (κ2) is 6.17. The van der Waals surface area contributed by atoms with Crippen LogP contribution in [0.2, 0.25) is 0 Å². The molecule has 2 heterocycles. The van der Waals surface area contributed by atoms with E-state index in [1.165, 1.54) is 4.88 Å². The molecule has 0 amide bonds. The van der Waals surface area contributed by atoms with E-state index < -0.39 is 0 Å². The van der Waals surface area contributed by atoms with E-state index in [0.717, 1.165) is 17.9 Å². The van der Waals surface area contributed by atoms with Crippen molar-refractivity contribution in [3.8, 4) is 5.75 Å². The van der Waals surface area contributed by atoms with E-state index in [-0.39, 0.29) is 5.54 Å². The molecule has 0 fully saturated rings. The minimum atomic E-state index is 0.0842. The van der Waals surface area contributed by atoms with Crippen molar-refractivity contribution >= 4 is 11.3 Å². The number of pyridine rings is 1. The Labute approximate surface area is 118 Å². The van der Waals surface area contributed by atoms with Crippen molar-refractivity contribution in [1.82, 2.24) is 10.3 Å². The van der Waals surface area contributed by atoms with Crippen molar-refractivity contribution in [2.75, 3.05) is 0 Å². The molecule has 0 aromatic carbocycles. The van der Waals surface area contributed by atoms with Crippen LogP contribution in [0.4, 0.5) is 0 Å². The van der Waals surface area contributed by atoms with Gasteiger partial charge in [0.25, 0.3) is 0 Å². The van der Waals surface area contributed by atoms with E-state index in [9.17, 15) is 0 Å². The summed E-state index contributed by atoms with van der Waals surface area (Å²) < 4.78 is 5.88. The zero-order valence-electron chi connectivity index (χ0n) is 11.6. The second-order valence-corrected chi connectivity index (χ2v) is 6.49. The third-order valence-electron chi connectivity index (χ3n) is 2.62. The summed E-state index contributed by atoms with van der Waals surface area (Å²) in [5.74, 6) is 0.903. The number of hydrogen-bond acceptors (Lipinski definition) is 4. The first-order chi connectivity index (χ1) is 9.04. The van der Waals surface area contributed by atoms with Gasteiger partial charge in [-0.3, -0.25) is 4.98 Å². The summed E-state index contributed by atoms with van der Waals surface area (Å²) in [6.45, 7) is 7.82. The predicted octanol–water partition coefficient (Wildman–Crippen LogP) is 3.61. The van der Waals surface area contributed by atoms with Crippen molar-refractivity contribution in [3.05, 3.63) is 46.4 Å². The molecule has 1 N–H and O–H groups in total. The van der Waals surface area contributed by atoms with Gasteiger partial charge in [-0.15, -0.1) is 11.3 Å². The second-order valence-electron chi connectivity index (χ2n) is 5.45. The van der Waals surface area contributed by atoms with Gasteiger partial charge in [0.2, 0.25) is 0 Å². The van der Waals surface area contributed by atoms with Crippen molar-refractivity contribution in [3.63, 3.8) is 0 Å². The highest BCUT2D eigenvalue weighted by Gasteiger charge is 2.11. The van der Waals surface area contributed by atoms with Crippen molar-refractivity contribution in [1.29, 1.82) is 0 Å². The summed E-state index contributed by atoms with van der Waals surface area (Å²) in [6, 6.07) is 6.05. The Morgan fingerprint density at radius 2 is 2.16 bits per heavy atom. The molecular formula is C15H20N2OS. The SMILES string of the molecule is CC(C)(C)NCc1cnccc1OCc1cccs1. The molecule has 0 aliphatic rings. The molecule has 0 saturated heterocycles. The van der Waals surface area contributed by atoms with E-state index in [0.29, 0.717) is 6.61 Å². The first kappa shape index (κ1) is 14.0. The summed E-state index contributed by atoms with van der Waals surface area (Å²) in [7, 11) is 0. The summed E-state index contributed by atoms with van der Waals surface area (Å²) in [4.78, 5) is 5.40. The number of rotatable bonds is 5. The molecule has 0 aliphatic carbocycles. The maximum atomic E-state index is 5.88. The average molecular weight is 276 g/mol. The number of aromatic nitrogens is 1. The van der Waals surface area contributed by atoms with Gasteiger partial charge in [0.1, 0.15) is 12.4 Å². The Hall–Kier alpha value is -1.39. The van der Waals surface area contributed by atoms with Crippen LogP contribution in [0.25, 0.3) is 0 Å². The van der Waals surface area contributed by atoms with Gasteiger partial charge in [-0.2, -0.15) is 0 Å². The van der Waals surface area contributed by atoms with Gasteiger partial charge in [0.15, 0.2) is 0 Å². The van der Waals surface area contributed by atoms with Crippen molar-refractivity contribution in [2.45, 2.75) is 39.5 Å². The van der Waals surface area contributed by atoms with Crippen LogP contribution in [0.3, 0.4) is 0 Å². The first-order valence-electron chi connectivity index (χ1n) is 6.38. The summed E-state index contributed by atoms with van der Waals surface area (Å²) in [5.41, 5.74) is 1.18. The molecule has 0 unspecified atom stereocenters. The van der Waals surface area contributed by atoms with Crippen molar-refractivity contribution < 1.29 is 4.74 Å². The minimum absolute atomic E-state index is 0.0842. The lowest BCUT2D eigenvalue weighted by Crippen LogP contribution is -2.35. The van der Waals surface area contributed by atoms with Gasteiger partial charge in [-0.25, -0.2) is 0 Å². The molecule has 0 aliphatic heterocycles. The molecule has 2 aromatic heterocycles. The topological polar surface area (TPSA) is 34.2 Å². The average Bonchev–Trinajstić information content (AvgIpc) is 2.87. The Balaban J connectivity index is 1.99. The van der Waals surface area contributed by atoms with Crippen LogP contribution in [-0.4, -0.2) is 10.5 Å². The highest BCUT2D eigenvalue weighted by Crippen LogP contribution is 2.20. The summed E-state index contributed by atoms with van der Waals surface area (Å²) in [6.07, 6.45) is 3.63. The fourth-order valence-corrected chi connectivity index (χ4v) is 2.21. The van der Waals surface area contributed by atoms with E-state index in [4.69, 9.17) is 4.74 Å². The standard InChI is InChI=1S/C15H20N2OS/c1-15(2,3)17-10-12-9-16-7-6-14(12)18-11-13-5-4-8-19-13/h4-9,17H,10-11H2,1-3H3. The lowest BCUT2D eigenvalue weighted by Gasteiger charge is -2.21. The molecule has 0 atom stereocenters. The van der Waals surface area contributed by atoms with E-state index >= 15 is 0 Å². The number of hydrogen-bond donors (Lipinski definition) is 1. The third kappa shape index (κ3) is 4.65.